The van der Waals surface area contributed by atoms with Crippen molar-refractivity contribution in [2.24, 2.45) is 0 Å². The van der Waals surface area contributed by atoms with Gasteiger partial charge in [0.05, 0.1) is 5.75 Å². The maximum atomic E-state index is 12.0. The highest BCUT2D eigenvalue weighted by Gasteiger charge is 2.26. The molecular weight excluding hydrogens is 356 g/mol. The quantitative estimate of drug-likeness (QED) is 0.567. The van der Waals surface area contributed by atoms with Crippen LogP contribution in [0.4, 0.5) is 4.79 Å². The number of rotatable bonds is 6. The zero-order chi connectivity index (χ0) is 18.7. The summed E-state index contributed by atoms with van der Waals surface area (Å²) >= 11 is 1.13. The summed E-state index contributed by atoms with van der Waals surface area (Å²) < 4.78 is 7.05. The lowest BCUT2D eigenvalue weighted by atomic mass is 10.1. The van der Waals surface area contributed by atoms with Crippen LogP contribution in [-0.4, -0.2) is 50.6 Å². The fourth-order valence-electron chi connectivity index (χ4n) is 2.52. The van der Waals surface area contributed by atoms with Gasteiger partial charge in [0.1, 0.15) is 12.4 Å². The number of nitrogens with zero attached hydrogens (tertiary/aromatic N) is 4. The summed E-state index contributed by atoms with van der Waals surface area (Å²) in [5.41, 5.74) is 2.18. The van der Waals surface area contributed by atoms with E-state index < -0.39 is 0 Å². The van der Waals surface area contributed by atoms with E-state index in [9.17, 15) is 9.59 Å². The maximum Gasteiger partial charge on any atom is 0.324 e. The van der Waals surface area contributed by atoms with Crippen LogP contribution in [-0.2, 0) is 11.4 Å². The summed E-state index contributed by atoms with van der Waals surface area (Å²) in [6, 6.07) is 5.53. The second kappa shape index (κ2) is 7.65. The number of hydrogen-bond acceptors (Lipinski definition) is 7. The third-order valence-corrected chi connectivity index (χ3v) is 4.83. The number of imide groups is 1. The van der Waals surface area contributed by atoms with E-state index in [1.54, 1.807) is 0 Å². The number of nitrogen functional groups attached to an aromatic ring is 1. The Morgan fingerprint density at radius 1 is 1.38 bits per heavy atom. The maximum absolute atomic E-state index is 12.0. The van der Waals surface area contributed by atoms with Crippen molar-refractivity contribution in [1.29, 1.82) is 0 Å². The van der Waals surface area contributed by atoms with Crippen LogP contribution in [0, 0.1) is 13.8 Å². The van der Waals surface area contributed by atoms with Gasteiger partial charge in [0.25, 0.3) is 0 Å². The summed E-state index contributed by atoms with van der Waals surface area (Å²) in [7, 11) is 0. The molecule has 10 heteroatoms. The van der Waals surface area contributed by atoms with Gasteiger partial charge in [0.15, 0.2) is 5.82 Å². The van der Waals surface area contributed by atoms with Crippen molar-refractivity contribution in [2.75, 3.05) is 24.7 Å². The van der Waals surface area contributed by atoms with Gasteiger partial charge >= 0.3 is 6.03 Å². The lowest BCUT2D eigenvalue weighted by Crippen LogP contribution is -2.35. The number of ether oxygens (including phenoxy) is 1. The SMILES string of the molecule is Cc1ccc(OCc2nnc(SCC(=O)N3CCNC3=O)n2N)c(C)c1. The molecule has 3 N–H and O–H groups in total. The summed E-state index contributed by atoms with van der Waals surface area (Å²) in [5.74, 6) is 6.95. The van der Waals surface area contributed by atoms with Crippen LogP contribution in [0.5, 0.6) is 5.75 Å². The molecule has 0 saturated carbocycles. The molecule has 2 heterocycles. The zero-order valence-electron chi connectivity index (χ0n) is 14.6. The van der Waals surface area contributed by atoms with E-state index in [0.717, 1.165) is 28.6 Å². The topological polar surface area (TPSA) is 115 Å². The van der Waals surface area contributed by atoms with Crippen molar-refractivity contribution < 1.29 is 14.3 Å². The molecule has 0 bridgehead atoms. The smallest absolute Gasteiger partial charge is 0.324 e. The van der Waals surface area contributed by atoms with Crippen LogP contribution in [0.25, 0.3) is 0 Å². The molecule has 1 aliphatic heterocycles. The first-order valence-electron chi connectivity index (χ1n) is 8.06. The normalized spacial score (nSPS) is 13.8. The second-order valence-corrected chi connectivity index (χ2v) is 6.83. The lowest BCUT2D eigenvalue weighted by molar-refractivity contribution is -0.124. The average Bonchev–Trinajstić information content (AvgIpc) is 3.18. The van der Waals surface area contributed by atoms with Gasteiger partial charge in [-0.15, -0.1) is 10.2 Å². The van der Waals surface area contributed by atoms with Crippen LogP contribution >= 0.6 is 11.8 Å². The highest BCUT2D eigenvalue weighted by Crippen LogP contribution is 2.21. The van der Waals surface area contributed by atoms with Crippen LogP contribution in [0.1, 0.15) is 17.0 Å². The van der Waals surface area contributed by atoms with E-state index in [1.165, 1.54) is 9.58 Å². The number of carbonyl (C=O) groups is 2. The minimum absolute atomic E-state index is 0.0562. The van der Waals surface area contributed by atoms with E-state index in [1.807, 2.05) is 32.0 Å². The van der Waals surface area contributed by atoms with Gasteiger partial charge in [-0.05, 0) is 25.5 Å². The van der Waals surface area contributed by atoms with Crippen LogP contribution in [0.2, 0.25) is 0 Å². The number of nitrogens with two attached hydrogens (primary N) is 1. The number of thioether (sulfide) groups is 1. The van der Waals surface area contributed by atoms with E-state index in [4.69, 9.17) is 10.6 Å². The van der Waals surface area contributed by atoms with Crippen molar-refractivity contribution in [3.63, 3.8) is 0 Å². The van der Waals surface area contributed by atoms with E-state index in [2.05, 4.69) is 15.5 Å². The van der Waals surface area contributed by atoms with E-state index >= 15 is 0 Å². The van der Waals surface area contributed by atoms with Gasteiger partial charge in [-0.1, -0.05) is 29.5 Å². The molecule has 138 valence electrons. The third kappa shape index (κ3) is 3.90. The Bertz CT molecular complexity index is 837. The second-order valence-electron chi connectivity index (χ2n) is 5.89. The number of hydrogen-bond donors (Lipinski definition) is 2. The molecule has 0 radical (unpaired) electrons. The zero-order valence-corrected chi connectivity index (χ0v) is 15.4. The van der Waals surface area contributed by atoms with E-state index in [0.29, 0.717) is 24.1 Å². The molecule has 9 nitrogen and oxygen atoms in total. The molecular formula is C16H20N6O3S. The van der Waals surface area contributed by atoms with Crippen LogP contribution < -0.4 is 15.9 Å². The molecule has 1 saturated heterocycles. The summed E-state index contributed by atoms with van der Waals surface area (Å²) in [6.45, 7) is 5.00. The highest BCUT2D eigenvalue weighted by atomic mass is 32.2. The number of nitrogens with one attached hydrogen (secondary N) is 1. The molecule has 1 aromatic heterocycles. The molecule has 0 unspecified atom stereocenters. The fourth-order valence-corrected chi connectivity index (χ4v) is 3.27. The third-order valence-electron chi connectivity index (χ3n) is 3.90. The van der Waals surface area contributed by atoms with Crippen molar-refractivity contribution in [1.82, 2.24) is 25.1 Å². The summed E-state index contributed by atoms with van der Waals surface area (Å²) in [4.78, 5) is 24.7. The number of aryl methyl sites for hydroxylation is 2. The number of urea groups is 1. The molecule has 3 rings (SSSR count). The molecule has 26 heavy (non-hydrogen) atoms. The molecule has 0 aliphatic carbocycles. The van der Waals surface area contributed by atoms with Gasteiger partial charge in [-0.3, -0.25) is 9.69 Å². The fraction of sp³-hybridized carbons (Fsp3) is 0.375. The Morgan fingerprint density at radius 2 is 2.19 bits per heavy atom. The van der Waals surface area contributed by atoms with Gasteiger partial charge in [0.2, 0.25) is 11.1 Å². The minimum Gasteiger partial charge on any atom is -0.485 e. The predicted octanol–water partition coefficient (Wildman–Crippen LogP) is 0.832. The molecule has 0 atom stereocenters. The molecule has 2 aromatic rings. The molecule has 1 fully saturated rings. The molecule has 0 spiro atoms. The largest absolute Gasteiger partial charge is 0.485 e. The highest BCUT2D eigenvalue weighted by molar-refractivity contribution is 7.99. The van der Waals surface area contributed by atoms with Gasteiger partial charge < -0.3 is 15.9 Å². The number of amides is 3. The summed E-state index contributed by atoms with van der Waals surface area (Å²) in [6.07, 6.45) is 0. The van der Waals surface area contributed by atoms with Crippen LogP contribution in [0.3, 0.4) is 0 Å². The van der Waals surface area contributed by atoms with Crippen molar-refractivity contribution >= 4 is 23.7 Å². The first-order valence-corrected chi connectivity index (χ1v) is 9.04. The predicted molar refractivity (Wildman–Crippen MR) is 96.3 cm³/mol. The van der Waals surface area contributed by atoms with Crippen molar-refractivity contribution in [3.05, 3.63) is 35.2 Å². The monoisotopic (exact) mass is 376 g/mol. The molecule has 1 aromatic carbocycles. The van der Waals surface area contributed by atoms with Gasteiger partial charge in [-0.2, -0.15) is 0 Å². The van der Waals surface area contributed by atoms with E-state index in [-0.39, 0.29) is 24.3 Å². The first-order chi connectivity index (χ1) is 12.5. The Hall–Kier alpha value is -2.75. The Kier molecular flexibility index (Phi) is 5.31. The van der Waals surface area contributed by atoms with Crippen molar-refractivity contribution in [3.8, 4) is 5.75 Å². The molecule has 1 aliphatic rings. The number of benzene rings is 1. The Morgan fingerprint density at radius 3 is 2.88 bits per heavy atom. The minimum atomic E-state index is -0.368. The van der Waals surface area contributed by atoms with Crippen molar-refractivity contribution in [2.45, 2.75) is 25.6 Å². The number of aromatic nitrogens is 3. The van der Waals surface area contributed by atoms with Gasteiger partial charge in [0, 0.05) is 13.1 Å². The number of carbonyl (C=O) groups excluding carboxylic acids is 2. The Labute approximate surface area is 154 Å². The summed E-state index contributed by atoms with van der Waals surface area (Å²) in [5, 5.41) is 11.0. The van der Waals surface area contributed by atoms with Crippen LogP contribution in [0.15, 0.2) is 23.4 Å². The van der Waals surface area contributed by atoms with Gasteiger partial charge in [-0.25, -0.2) is 9.47 Å². The molecule has 3 amide bonds. The Balaban J connectivity index is 1.57. The first kappa shape index (κ1) is 18.1. The lowest BCUT2D eigenvalue weighted by Gasteiger charge is -2.11. The average molecular weight is 376 g/mol. The standard InChI is InChI=1S/C16H20N6O3S/c1-10-3-4-12(11(2)7-10)25-8-13-19-20-16(22(13)17)26-9-14(23)21-6-5-18-15(21)24/h3-4,7H,5-6,8-9,17H2,1-2H3,(H,18,24).